The predicted octanol–water partition coefficient (Wildman–Crippen LogP) is 2.77. The largest absolute Gasteiger partial charge is 0.339 e. The van der Waals surface area contributed by atoms with E-state index >= 15 is 0 Å². The van der Waals surface area contributed by atoms with Crippen LogP contribution in [0.1, 0.15) is 50.4 Å². The summed E-state index contributed by atoms with van der Waals surface area (Å²) in [6.45, 7) is 10.2. The van der Waals surface area contributed by atoms with Crippen LogP contribution in [-0.2, 0) is 9.59 Å². The predicted molar refractivity (Wildman–Crippen MR) is 117 cm³/mol. The van der Waals surface area contributed by atoms with Crippen LogP contribution < -0.4 is 10.6 Å². The first kappa shape index (κ1) is 22.5. The third-order valence-corrected chi connectivity index (χ3v) is 6.12. The lowest BCUT2D eigenvalue weighted by molar-refractivity contribution is -0.133. The number of rotatable bonds is 6. The highest BCUT2D eigenvalue weighted by Crippen LogP contribution is 2.36. The van der Waals surface area contributed by atoms with E-state index in [9.17, 15) is 19.2 Å². The summed E-state index contributed by atoms with van der Waals surface area (Å²) in [7, 11) is 0. The number of benzene rings is 1. The minimum Gasteiger partial charge on any atom is -0.339 e. The number of amides is 5. The highest BCUT2D eigenvalue weighted by Gasteiger charge is 2.54. The summed E-state index contributed by atoms with van der Waals surface area (Å²) < 4.78 is 0. The zero-order valence-corrected chi connectivity index (χ0v) is 18.4. The van der Waals surface area contributed by atoms with Gasteiger partial charge in [0.15, 0.2) is 0 Å². The molecule has 8 heteroatoms. The number of urea groups is 1. The normalized spacial score (nSPS) is 21.8. The molecule has 8 nitrogen and oxygen atoms in total. The van der Waals surface area contributed by atoms with E-state index in [-0.39, 0.29) is 36.2 Å². The van der Waals surface area contributed by atoms with Crippen molar-refractivity contribution in [3.8, 4) is 0 Å². The quantitative estimate of drug-likeness (QED) is 0.540. The molecule has 0 spiro atoms. The van der Waals surface area contributed by atoms with Gasteiger partial charge in [-0.25, -0.2) is 4.79 Å². The number of piperidine rings is 1. The van der Waals surface area contributed by atoms with Crippen LogP contribution in [0.15, 0.2) is 36.4 Å². The van der Waals surface area contributed by atoms with E-state index in [0.717, 1.165) is 5.57 Å². The average molecular weight is 427 g/mol. The van der Waals surface area contributed by atoms with Gasteiger partial charge in [-0.05, 0) is 56.4 Å². The zero-order chi connectivity index (χ0) is 22.8. The number of imide groups is 1. The van der Waals surface area contributed by atoms with Gasteiger partial charge in [0, 0.05) is 31.3 Å². The molecule has 166 valence electrons. The number of hydrogen-bond donors (Lipinski definition) is 2. The van der Waals surface area contributed by atoms with Crippen LogP contribution in [0.25, 0.3) is 0 Å². The standard InChI is InChI=1S/C23H30N4O4/c1-5-23(21(30)27(14-15(2)3)22(31)25-23)18-10-12-26(13-11-18)20(29)17-6-8-19(9-7-17)24-16(4)28/h6-9,18H,2,5,10-14H2,1,3-4H3,(H,24,28)(H,25,31). The van der Waals surface area contributed by atoms with Gasteiger partial charge < -0.3 is 15.5 Å². The molecule has 31 heavy (non-hydrogen) atoms. The molecular weight excluding hydrogens is 396 g/mol. The van der Waals surface area contributed by atoms with Crippen LogP contribution in [0.4, 0.5) is 10.5 Å². The third-order valence-electron chi connectivity index (χ3n) is 6.12. The van der Waals surface area contributed by atoms with E-state index < -0.39 is 5.54 Å². The fourth-order valence-corrected chi connectivity index (χ4v) is 4.52. The molecule has 2 heterocycles. The SMILES string of the molecule is C=C(C)CN1C(=O)NC(CC)(C2CCN(C(=O)c3ccc(NC(C)=O)cc3)CC2)C1=O. The molecule has 1 unspecified atom stereocenters. The minimum absolute atomic E-state index is 0.0322. The molecule has 3 rings (SSSR count). The Morgan fingerprint density at radius 3 is 2.29 bits per heavy atom. The molecule has 1 aromatic carbocycles. The molecule has 2 fully saturated rings. The Morgan fingerprint density at radius 2 is 1.77 bits per heavy atom. The van der Waals surface area contributed by atoms with Crippen molar-refractivity contribution in [3.05, 3.63) is 42.0 Å². The molecule has 0 aliphatic carbocycles. The molecule has 2 saturated heterocycles. The van der Waals surface area contributed by atoms with Gasteiger partial charge in [0.05, 0.1) is 6.54 Å². The molecule has 0 aromatic heterocycles. The maximum atomic E-state index is 13.1. The second-order valence-corrected chi connectivity index (χ2v) is 8.43. The van der Waals surface area contributed by atoms with Crippen LogP contribution >= 0.6 is 0 Å². The molecular formula is C23H30N4O4. The number of nitrogens with one attached hydrogen (secondary N) is 2. The Morgan fingerprint density at radius 1 is 1.16 bits per heavy atom. The summed E-state index contributed by atoms with van der Waals surface area (Å²) in [6, 6.07) is 6.44. The Bertz CT molecular complexity index is 903. The fourth-order valence-electron chi connectivity index (χ4n) is 4.52. The van der Waals surface area contributed by atoms with Crippen LogP contribution in [0.2, 0.25) is 0 Å². The van der Waals surface area contributed by atoms with Gasteiger partial charge in [0.2, 0.25) is 5.91 Å². The highest BCUT2D eigenvalue weighted by atomic mass is 16.2. The van der Waals surface area contributed by atoms with Crippen molar-refractivity contribution in [2.45, 2.75) is 45.6 Å². The minimum atomic E-state index is -0.915. The number of anilines is 1. The molecule has 5 amide bonds. The molecule has 0 radical (unpaired) electrons. The van der Waals surface area contributed by atoms with Crippen molar-refractivity contribution in [1.82, 2.24) is 15.1 Å². The van der Waals surface area contributed by atoms with Gasteiger partial charge in [-0.3, -0.25) is 19.3 Å². The van der Waals surface area contributed by atoms with Gasteiger partial charge in [0.1, 0.15) is 5.54 Å². The van der Waals surface area contributed by atoms with E-state index in [4.69, 9.17) is 0 Å². The molecule has 2 N–H and O–H groups in total. The lowest BCUT2D eigenvalue weighted by Crippen LogP contribution is -2.56. The Labute approximate surface area is 182 Å². The molecule has 1 atom stereocenters. The maximum Gasteiger partial charge on any atom is 0.325 e. The fraction of sp³-hybridized carbons (Fsp3) is 0.478. The van der Waals surface area contributed by atoms with Crippen molar-refractivity contribution in [2.75, 3.05) is 25.0 Å². The van der Waals surface area contributed by atoms with Crippen molar-refractivity contribution < 1.29 is 19.2 Å². The second-order valence-electron chi connectivity index (χ2n) is 8.43. The number of hydrogen-bond acceptors (Lipinski definition) is 4. The van der Waals surface area contributed by atoms with Crippen LogP contribution in [0, 0.1) is 5.92 Å². The lowest BCUT2D eigenvalue weighted by atomic mass is 9.75. The van der Waals surface area contributed by atoms with Crippen molar-refractivity contribution in [3.63, 3.8) is 0 Å². The van der Waals surface area contributed by atoms with Crippen LogP contribution in [-0.4, -0.2) is 58.7 Å². The molecule has 0 saturated carbocycles. The van der Waals surface area contributed by atoms with Gasteiger partial charge in [-0.15, -0.1) is 0 Å². The Kier molecular flexibility index (Phi) is 6.48. The topological polar surface area (TPSA) is 98.8 Å². The summed E-state index contributed by atoms with van der Waals surface area (Å²) in [5.74, 6) is -0.470. The molecule has 2 aliphatic heterocycles. The van der Waals surface area contributed by atoms with Crippen molar-refractivity contribution in [1.29, 1.82) is 0 Å². The van der Waals surface area contributed by atoms with Gasteiger partial charge in [0.25, 0.3) is 11.8 Å². The lowest BCUT2D eigenvalue weighted by Gasteiger charge is -2.40. The number of carbonyl (C=O) groups excluding carboxylic acids is 4. The van der Waals surface area contributed by atoms with E-state index in [1.54, 1.807) is 36.1 Å². The first-order valence-corrected chi connectivity index (χ1v) is 10.6. The van der Waals surface area contributed by atoms with E-state index in [0.29, 0.717) is 43.6 Å². The Hall–Kier alpha value is -3.16. The Balaban J connectivity index is 1.66. The van der Waals surface area contributed by atoms with Crippen molar-refractivity contribution in [2.24, 2.45) is 5.92 Å². The monoisotopic (exact) mass is 426 g/mol. The third kappa shape index (κ3) is 4.47. The van der Waals surface area contributed by atoms with Gasteiger partial charge in [-0.2, -0.15) is 0 Å². The summed E-state index contributed by atoms with van der Waals surface area (Å²) >= 11 is 0. The van der Waals surface area contributed by atoms with Gasteiger partial charge >= 0.3 is 6.03 Å². The van der Waals surface area contributed by atoms with E-state index in [1.165, 1.54) is 11.8 Å². The summed E-state index contributed by atoms with van der Waals surface area (Å²) in [6.07, 6.45) is 1.78. The van der Waals surface area contributed by atoms with Crippen molar-refractivity contribution >= 4 is 29.4 Å². The highest BCUT2D eigenvalue weighted by molar-refractivity contribution is 6.07. The average Bonchev–Trinajstić information content (AvgIpc) is 2.98. The first-order valence-electron chi connectivity index (χ1n) is 10.6. The summed E-state index contributed by atoms with van der Waals surface area (Å²) in [5, 5.41) is 5.63. The van der Waals surface area contributed by atoms with Crippen LogP contribution in [0.5, 0.6) is 0 Å². The molecule has 1 aromatic rings. The molecule has 2 aliphatic rings. The number of carbonyl (C=O) groups is 4. The molecule has 0 bridgehead atoms. The maximum absolute atomic E-state index is 13.1. The number of likely N-dealkylation sites (tertiary alicyclic amines) is 1. The van der Waals surface area contributed by atoms with E-state index in [1.807, 2.05) is 6.92 Å². The summed E-state index contributed by atoms with van der Waals surface area (Å²) in [5.41, 5.74) is 1.03. The van der Waals surface area contributed by atoms with E-state index in [2.05, 4.69) is 17.2 Å². The smallest absolute Gasteiger partial charge is 0.325 e. The zero-order valence-electron chi connectivity index (χ0n) is 18.4. The first-order chi connectivity index (χ1) is 14.7. The number of nitrogens with zero attached hydrogens (tertiary/aromatic N) is 2. The van der Waals surface area contributed by atoms with Crippen LogP contribution in [0.3, 0.4) is 0 Å². The summed E-state index contributed by atoms with van der Waals surface area (Å²) in [4.78, 5) is 52.6. The van der Waals surface area contributed by atoms with Gasteiger partial charge in [-0.1, -0.05) is 19.1 Å². The second kappa shape index (κ2) is 8.91.